The van der Waals surface area contributed by atoms with Crippen molar-refractivity contribution < 1.29 is 9.53 Å². The van der Waals surface area contributed by atoms with Gasteiger partial charge in [-0.15, -0.1) is 5.10 Å². The summed E-state index contributed by atoms with van der Waals surface area (Å²) in [4.78, 5) is 12.9. The van der Waals surface area contributed by atoms with Crippen LogP contribution < -0.4 is 10.1 Å². The average molecular weight is 349 g/mol. The van der Waals surface area contributed by atoms with Crippen molar-refractivity contribution >= 4 is 5.91 Å². The minimum Gasteiger partial charge on any atom is -0.493 e. The standard InChI is InChI=1S/C19H19N5O2/c25-19(18(24-13-21-22-23-24)15-5-2-1-3-6-15)20-12-14-8-9-17-16(11-14)7-4-10-26-17/h1-3,5-6,8-9,11,13,18H,4,7,10,12H2,(H,20,25)/t18-/m1/s1. The third-order valence-corrected chi connectivity index (χ3v) is 4.43. The van der Waals surface area contributed by atoms with Crippen molar-refractivity contribution in [3.8, 4) is 5.75 Å². The van der Waals surface area contributed by atoms with E-state index in [1.165, 1.54) is 16.6 Å². The molecule has 1 aliphatic heterocycles. The molecular formula is C19H19N5O2. The van der Waals surface area contributed by atoms with Gasteiger partial charge in [0.05, 0.1) is 6.61 Å². The van der Waals surface area contributed by atoms with Crippen LogP contribution in [-0.4, -0.2) is 32.7 Å². The maximum absolute atomic E-state index is 12.9. The van der Waals surface area contributed by atoms with E-state index < -0.39 is 6.04 Å². The number of benzene rings is 2. The molecule has 2 heterocycles. The van der Waals surface area contributed by atoms with E-state index in [-0.39, 0.29) is 5.91 Å². The monoisotopic (exact) mass is 349 g/mol. The summed E-state index contributed by atoms with van der Waals surface area (Å²) in [5.41, 5.74) is 3.07. The minimum atomic E-state index is -0.604. The average Bonchev–Trinajstić information content (AvgIpc) is 3.21. The molecule has 1 amide bonds. The highest BCUT2D eigenvalue weighted by atomic mass is 16.5. The zero-order chi connectivity index (χ0) is 17.8. The van der Waals surface area contributed by atoms with Gasteiger partial charge in [0.25, 0.3) is 0 Å². The van der Waals surface area contributed by atoms with Gasteiger partial charge >= 0.3 is 0 Å². The number of hydrogen-bond donors (Lipinski definition) is 1. The van der Waals surface area contributed by atoms with Crippen LogP contribution in [-0.2, 0) is 17.8 Å². The Morgan fingerprint density at radius 3 is 2.92 bits per heavy atom. The molecule has 26 heavy (non-hydrogen) atoms. The van der Waals surface area contributed by atoms with Crippen LogP contribution in [0.2, 0.25) is 0 Å². The first kappa shape index (κ1) is 16.3. The highest BCUT2D eigenvalue weighted by Crippen LogP contribution is 2.25. The molecule has 0 saturated carbocycles. The van der Waals surface area contributed by atoms with Crippen LogP contribution in [0.4, 0.5) is 0 Å². The van der Waals surface area contributed by atoms with Gasteiger partial charge in [0.15, 0.2) is 6.04 Å². The molecule has 0 fully saturated rings. The molecule has 0 radical (unpaired) electrons. The van der Waals surface area contributed by atoms with Crippen molar-refractivity contribution in [2.24, 2.45) is 0 Å². The van der Waals surface area contributed by atoms with E-state index >= 15 is 0 Å². The molecule has 3 aromatic rings. The van der Waals surface area contributed by atoms with Gasteiger partial charge in [-0.05, 0) is 46.0 Å². The molecule has 2 aromatic carbocycles. The fourth-order valence-corrected chi connectivity index (χ4v) is 3.16. The number of nitrogens with zero attached hydrogens (tertiary/aromatic N) is 4. The lowest BCUT2D eigenvalue weighted by Gasteiger charge is -2.19. The summed E-state index contributed by atoms with van der Waals surface area (Å²) in [6, 6.07) is 14.9. The molecule has 4 rings (SSSR count). The van der Waals surface area contributed by atoms with Gasteiger partial charge in [0.2, 0.25) is 5.91 Å². The van der Waals surface area contributed by atoms with E-state index in [0.29, 0.717) is 6.54 Å². The van der Waals surface area contributed by atoms with Crippen molar-refractivity contribution in [3.05, 3.63) is 71.5 Å². The lowest BCUT2D eigenvalue weighted by Crippen LogP contribution is -2.33. The predicted octanol–water partition coefficient (Wildman–Crippen LogP) is 1.90. The Hall–Kier alpha value is -3.22. The maximum Gasteiger partial charge on any atom is 0.249 e. The molecule has 1 aliphatic rings. The Kier molecular flexibility index (Phi) is 4.59. The van der Waals surface area contributed by atoms with E-state index in [4.69, 9.17) is 4.74 Å². The summed E-state index contributed by atoms with van der Waals surface area (Å²) in [5, 5.41) is 14.2. The van der Waals surface area contributed by atoms with E-state index in [1.54, 1.807) is 0 Å². The molecular weight excluding hydrogens is 330 g/mol. The normalized spacial score (nSPS) is 14.2. The zero-order valence-electron chi connectivity index (χ0n) is 14.2. The smallest absolute Gasteiger partial charge is 0.249 e. The number of ether oxygens (including phenoxy) is 1. The zero-order valence-corrected chi connectivity index (χ0v) is 14.2. The van der Waals surface area contributed by atoms with Crippen LogP contribution in [0.5, 0.6) is 5.75 Å². The number of nitrogens with one attached hydrogen (secondary N) is 1. The number of tetrazole rings is 1. The number of rotatable bonds is 5. The SMILES string of the molecule is O=C(NCc1ccc2c(c1)CCCO2)[C@@H](c1ccccc1)n1cnnn1. The van der Waals surface area contributed by atoms with Crippen LogP contribution in [0.3, 0.4) is 0 Å². The van der Waals surface area contributed by atoms with Crippen LogP contribution >= 0.6 is 0 Å². The lowest BCUT2D eigenvalue weighted by atomic mass is 10.0. The molecule has 7 nitrogen and oxygen atoms in total. The van der Waals surface area contributed by atoms with Gasteiger partial charge in [-0.1, -0.05) is 42.5 Å². The van der Waals surface area contributed by atoms with Crippen molar-refractivity contribution in [2.75, 3.05) is 6.61 Å². The quantitative estimate of drug-likeness (QED) is 0.761. The van der Waals surface area contributed by atoms with Crippen molar-refractivity contribution in [2.45, 2.75) is 25.4 Å². The Morgan fingerprint density at radius 1 is 1.23 bits per heavy atom. The van der Waals surface area contributed by atoms with E-state index in [1.807, 2.05) is 42.5 Å². The van der Waals surface area contributed by atoms with Crippen molar-refractivity contribution in [3.63, 3.8) is 0 Å². The van der Waals surface area contributed by atoms with Gasteiger partial charge in [0, 0.05) is 6.54 Å². The van der Waals surface area contributed by atoms with Gasteiger partial charge < -0.3 is 10.1 Å². The molecule has 0 unspecified atom stereocenters. The number of hydrogen-bond acceptors (Lipinski definition) is 5. The predicted molar refractivity (Wildman–Crippen MR) is 94.5 cm³/mol. The summed E-state index contributed by atoms with van der Waals surface area (Å²) in [6.07, 6.45) is 3.49. The van der Waals surface area contributed by atoms with Crippen LogP contribution in [0, 0.1) is 0 Å². The van der Waals surface area contributed by atoms with Crippen molar-refractivity contribution in [1.82, 2.24) is 25.5 Å². The number of aromatic nitrogens is 4. The molecule has 0 aliphatic carbocycles. The summed E-state index contributed by atoms with van der Waals surface area (Å²) >= 11 is 0. The fraction of sp³-hybridized carbons (Fsp3) is 0.263. The van der Waals surface area contributed by atoms with Gasteiger partial charge in [0.1, 0.15) is 12.1 Å². The van der Waals surface area contributed by atoms with E-state index in [2.05, 4.69) is 26.9 Å². The Labute approximate surface area is 151 Å². The highest BCUT2D eigenvalue weighted by molar-refractivity contribution is 5.83. The second kappa shape index (κ2) is 7.35. The summed E-state index contributed by atoms with van der Waals surface area (Å²) in [5.74, 6) is 0.791. The first-order valence-electron chi connectivity index (χ1n) is 8.61. The number of fused-ring (bicyclic) bond motifs is 1. The number of aryl methyl sites for hydroxylation is 1. The third-order valence-electron chi connectivity index (χ3n) is 4.43. The first-order valence-corrected chi connectivity index (χ1v) is 8.61. The second-order valence-corrected chi connectivity index (χ2v) is 6.21. The largest absolute Gasteiger partial charge is 0.493 e. The first-order chi connectivity index (χ1) is 12.8. The van der Waals surface area contributed by atoms with Crippen LogP contribution in [0.25, 0.3) is 0 Å². The highest BCUT2D eigenvalue weighted by Gasteiger charge is 2.23. The molecule has 132 valence electrons. The molecule has 1 atom stereocenters. The summed E-state index contributed by atoms with van der Waals surface area (Å²) in [6.45, 7) is 1.21. The summed E-state index contributed by atoms with van der Waals surface area (Å²) < 4.78 is 7.10. The van der Waals surface area contributed by atoms with Crippen molar-refractivity contribution in [1.29, 1.82) is 0 Å². The van der Waals surface area contributed by atoms with E-state index in [9.17, 15) is 4.79 Å². The topological polar surface area (TPSA) is 81.9 Å². The van der Waals surface area contributed by atoms with Gasteiger partial charge in [-0.3, -0.25) is 4.79 Å². The second-order valence-electron chi connectivity index (χ2n) is 6.21. The van der Waals surface area contributed by atoms with Crippen LogP contribution in [0.1, 0.15) is 29.2 Å². The minimum absolute atomic E-state index is 0.155. The molecule has 7 heteroatoms. The number of carbonyl (C=O) groups excluding carboxylic acids is 1. The number of carbonyl (C=O) groups is 1. The van der Waals surface area contributed by atoms with E-state index in [0.717, 1.165) is 36.3 Å². The molecule has 1 N–H and O–H groups in total. The molecule has 1 aromatic heterocycles. The Morgan fingerprint density at radius 2 is 2.12 bits per heavy atom. The molecule has 0 saturated heterocycles. The Bertz CT molecular complexity index is 880. The third kappa shape index (κ3) is 3.42. The molecule has 0 spiro atoms. The number of amides is 1. The molecule has 0 bridgehead atoms. The summed E-state index contributed by atoms with van der Waals surface area (Å²) in [7, 11) is 0. The maximum atomic E-state index is 12.9. The van der Waals surface area contributed by atoms with Crippen LogP contribution in [0.15, 0.2) is 54.9 Å². The lowest BCUT2D eigenvalue weighted by molar-refractivity contribution is -0.123. The van der Waals surface area contributed by atoms with Gasteiger partial charge in [-0.2, -0.15) is 0 Å². The Balaban J connectivity index is 1.50. The van der Waals surface area contributed by atoms with Gasteiger partial charge in [-0.25, -0.2) is 4.68 Å². The fourth-order valence-electron chi connectivity index (χ4n) is 3.16.